The highest BCUT2D eigenvalue weighted by molar-refractivity contribution is 5.94. The highest BCUT2D eigenvalue weighted by Gasteiger charge is 2.40. The number of aryl methyl sites for hydroxylation is 2. The van der Waals surface area contributed by atoms with Crippen molar-refractivity contribution in [3.8, 4) is 0 Å². The molecule has 0 saturated carbocycles. The third kappa shape index (κ3) is 3.02. The molecule has 0 bridgehead atoms. The van der Waals surface area contributed by atoms with Gasteiger partial charge < -0.3 is 19.2 Å². The Morgan fingerprint density at radius 3 is 2.77 bits per heavy atom. The van der Waals surface area contributed by atoms with Crippen LogP contribution in [0.15, 0.2) is 21.1 Å². The van der Waals surface area contributed by atoms with Gasteiger partial charge in [0.05, 0.1) is 12.0 Å². The summed E-state index contributed by atoms with van der Waals surface area (Å²) >= 11 is 0. The van der Waals surface area contributed by atoms with Gasteiger partial charge in [0, 0.05) is 32.0 Å². The first-order valence-corrected chi connectivity index (χ1v) is 9.13. The quantitative estimate of drug-likeness (QED) is 0.910. The van der Waals surface area contributed by atoms with Gasteiger partial charge in [0.25, 0.3) is 5.91 Å². The van der Waals surface area contributed by atoms with Crippen molar-refractivity contribution in [3.05, 3.63) is 40.7 Å². The second-order valence-electron chi connectivity index (χ2n) is 7.21. The smallest absolute Gasteiger partial charge is 0.276 e. The molecule has 7 heteroatoms. The number of nitrogens with zero attached hydrogens (tertiary/aromatic N) is 2. The molecule has 2 amide bonds. The van der Waals surface area contributed by atoms with Gasteiger partial charge in [-0.1, -0.05) is 5.16 Å². The van der Waals surface area contributed by atoms with E-state index in [-0.39, 0.29) is 23.8 Å². The zero-order chi connectivity index (χ0) is 18.3. The first-order chi connectivity index (χ1) is 12.5. The number of hydrogen-bond acceptors (Lipinski definition) is 5. The Kier molecular flexibility index (Phi) is 4.30. The number of likely N-dealkylation sites (tertiary alicyclic amines) is 1. The normalized spacial score (nSPS) is 22.3. The molecule has 4 rings (SSSR count). The van der Waals surface area contributed by atoms with E-state index in [1.807, 2.05) is 19.1 Å². The van der Waals surface area contributed by atoms with Gasteiger partial charge in [-0.3, -0.25) is 9.59 Å². The van der Waals surface area contributed by atoms with E-state index in [0.29, 0.717) is 18.8 Å². The van der Waals surface area contributed by atoms with Crippen LogP contribution in [0.4, 0.5) is 0 Å². The Balaban J connectivity index is 1.58. The van der Waals surface area contributed by atoms with Crippen molar-refractivity contribution in [2.24, 2.45) is 0 Å². The molecule has 2 aliphatic rings. The molecule has 2 aromatic rings. The van der Waals surface area contributed by atoms with Crippen LogP contribution in [0.2, 0.25) is 0 Å². The second kappa shape index (κ2) is 6.63. The molecule has 1 aliphatic heterocycles. The molecule has 0 spiro atoms. The minimum Gasteiger partial charge on any atom is -0.466 e. The van der Waals surface area contributed by atoms with Crippen molar-refractivity contribution in [2.45, 2.75) is 51.5 Å². The summed E-state index contributed by atoms with van der Waals surface area (Å²) in [4.78, 5) is 26.4. The molecule has 1 aliphatic carbocycles. The molecule has 2 atom stereocenters. The van der Waals surface area contributed by atoms with Gasteiger partial charge in [-0.25, -0.2) is 0 Å². The van der Waals surface area contributed by atoms with Crippen molar-refractivity contribution in [3.63, 3.8) is 0 Å². The predicted molar refractivity (Wildman–Crippen MR) is 92.8 cm³/mol. The van der Waals surface area contributed by atoms with Crippen molar-refractivity contribution in [2.75, 3.05) is 13.1 Å². The van der Waals surface area contributed by atoms with E-state index in [9.17, 15) is 9.59 Å². The average molecular weight is 357 g/mol. The number of carbonyl (C=O) groups excluding carboxylic acids is 2. The highest BCUT2D eigenvalue weighted by Crippen LogP contribution is 2.31. The van der Waals surface area contributed by atoms with E-state index in [0.717, 1.165) is 48.5 Å². The standard InChI is InChI=1S/C19H23N3O4/c1-11-7-8-16(25-11)14-9-22(10-15(14)20-12(2)23)19(24)18-13-5-3-4-6-17(13)26-21-18/h7-8,14-15H,3-6,9-10H2,1-2H3,(H,20,23)/t14-,15-/m1/s1. The molecule has 1 N–H and O–H groups in total. The Hall–Kier alpha value is -2.57. The lowest BCUT2D eigenvalue weighted by Gasteiger charge is -2.17. The summed E-state index contributed by atoms with van der Waals surface area (Å²) in [5, 5.41) is 7.01. The molecular weight excluding hydrogens is 334 g/mol. The summed E-state index contributed by atoms with van der Waals surface area (Å²) in [6, 6.07) is 3.64. The molecule has 1 saturated heterocycles. The molecule has 0 radical (unpaired) electrons. The number of rotatable bonds is 3. The van der Waals surface area contributed by atoms with Crippen LogP contribution in [0.5, 0.6) is 0 Å². The summed E-state index contributed by atoms with van der Waals surface area (Å²) in [7, 11) is 0. The number of aromatic nitrogens is 1. The second-order valence-corrected chi connectivity index (χ2v) is 7.21. The lowest BCUT2D eigenvalue weighted by molar-refractivity contribution is -0.119. The molecule has 0 aromatic carbocycles. The van der Waals surface area contributed by atoms with E-state index in [1.165, 1.54) is 6.92 Å². The minimum atomic E-state index is -0.176. The zero-order valence-corrected chi connectivity index (χ0v) is 15.1. The van der Waals surface area contributed by atoms with Crippen LogP contribution in [0, 0.1) is 6.92 Å². The third-order valence-corrected chi connectivity index (χ3v) is 5.28. The van der Waals surface area contributed by atoms with Crippen LogP contribution in [-0.4, -0.2) is 41.0 Å². The van der Waals surface area contributed by atoms with Crippen LogP contribution < -0.4 is 5.32 Å². The summed E-state index contributed by atoms with van der Waals surface area (Å²) in [5.41, 5.74) is 1.38. The summed E-state index contributed by atoms with van der Waals surface area (Å²) in [5.74, 6) is 2.14. The van der Waals surface area contributed by atoms with Gasteiger partial charge in [-0.05, 0) is 38.3 Å². The Labute approximate surface area is 151 Å². The van der Waals surface area contributed by atoms with E-state index in [1.54, 1.807) is 4.90 Å². The number of nitrogens with one attached hydrogen (secondary N) is 1. The fourth-order valence-electron chi connectivity index (χ4n) is 4.02. The molecule has 26 heavy (non-hydrogen) atoms. The van der Waals surface area contributed by atoms with Crippen molar-refractivity contribution in [1.29, 1.82) is 0 Å². The monoisotopic (exact) mass is 357 g/mol. The predicted octanol–water partition coefficient (Wildman–Crippen LogP) is 2.20. The van der Waals surface area contributed by atoms with Crippen molar-refractivity contribution < 1.29 is 18.5 Å². The fraction of sp³-hybridized carbons (Fsp3) is 0.526. The number of furan rings is 1. The van der Waals surface area contributed by atoms with Crippen LogP contribution in [-0.2, 0) is 17.6 Å². The number of carbonyl (C=O) groups is 2. The Morgan fingerprint density at radius 1 is 1.23 bits per heavy atom. The Bertz CT molecular complexity index is 838. The molecular formula is C19H23N3O4. The lowest BCUT2D eigenvalue weighted by atomic mass is 9.96. The maximum Gasteiger partial charge on any atom is 0.276 e. The number of hydrogen-bond donors (Lipinski definition) is 1. The first-order valence-electron chi connectivity index (χ1n) is 9.13. The van der Waals surface area contributed by atoms with E-state index < -0.39 is 0 Å². The van der Waals surface area contributed by atoms with Gasteiger partial charge in [0.15, 0.2) is 5.69 Å². The van der Waals surface area contributed by atoms with Gasteiger partial charge >= 0.3 is 0 Å². The van der Waals surface area contributed by atoms with Gasteiger partial charge in [0.2, 0.25) is 5.91 Å². The number of amides is 2. The summed E-state index contributed by atoms with van der Waals surface area (Å²) < 4.78 is 11.2. The van der Waals surface area contributed by atoms with Gasteiger partial charge in [-0.15, -0.1) is 0 Å². The molecule has 0 unspecified atom stereocenters. The minimum absolute atomic E-state index is 0.0701. The van der Waals surface area contributed by atoms with E-state index >= 15 is 0 Å². The average Bonchev–Trinajstić information content (AvgIpc) is 3.31. The Morgan fingerprint density at radius 2 is 2.04 bits per heavy atom. The van der Waals surface area contributed by atoms with E-state index in [2.05, 4.69) is 10.5 Å². The van der Waals surface area contributed by atoms with E-state index in [4.69, 9.17) is 8.94 Å². The molecule has 7 nitrogen and oxygen atoms in total. The summed E-state index contributed by atoms with van der Waals surface area (Å²) in [6.07, 6.45) is 3.81. The largest absolute Gasteiger partial charge is 0.466 e. The molecule has 3 heterocycles. The van der Waals surface area contributed by atoms with Crippen LogP contribution in [0.25, 0.3) is 0 Å². The topological polar surface area (TPSA) is 88.6 Å². The van der Waals surface area contributed by atoms with Crippen LogP contribution >= 0.6 is 0 Å². The maximum atomic E-state index is 13.1. The third-order valence-electron chi connectivity index (χ3n) is 5.28. The van der Waals surface area contributed by atoms with Crippen molar-refractivity contribution >= 4 is 11.8 Å². The first kappa shape index (κ1) is 16.9. The van der Waals surface area contributed by atoms with Crippen LogP contribution in [0.1, 0.15) is 59.0 Å². The molecule has 2 aromatic heterocycles. The number of fused-ring (bicyclic) bond motifs is 1. The van der Waals surface area contributed by atoms with Gasteiger partial charge in [-0.2, -0.15) is 0 Å². The fourth-order valence-corrected chi connectivity index (χ4v) is 4.02. The van der Waals surface area contributed by atoms with Gasteiger partial charge in [0.1, 0.15) is 17.3 Å². The maximum absolute atomic E-state index is 13.1. The highest BCUT2D eigenvalue weighted by atomic mass is 16.5. The molecule has 138 valence electrons. The SMILES string of the molecule is CC(=O)N[C@@H]1CN(C(=O)c2noc3c2CCCC3)C[C@H]1c1ccc(C)o1. The lowest BCUT2D eigenvalue weighted by Crippen LogP contribution is -2.39. The summed E-state index contributed by atoms with van der Waals surface area (Å²) in [6.45, 7) is 4.29. The zero-order valence-electron chi connectivity index (χ0n) is 15.1. The van der Waals surface area contributed by atoms with Crippen molar-refractivity contribution in [1.82, 2.24) is 15.4 Å². The van der Waals surface area contributed by atoms with Crippen LogP contribution in [0.3, 0.4) is 0 Å². The molecule has 1 fully saturated rings.